The van der Waals surface area contributed by atoms with Gasteiger partial charge in [0.15, 0.2) is 0 Å². The maximum Gasteiger partial charge on any atom is 0.263 e. The van der Waals surface area contributed by atoms with Crippen molar-refractivity contribution in [2.24, 2.45) is 0 Å². The maximum absolute atomic E-state index is 12.4. The van der Waals surface area contributed by atoms with Gasteiger partial charge < -0.3 is 24.5 Å². The molecule has 7 nitrogen and oxygen atoms in total. The van der Waals surface area contributed by atoms with Gasteiger partial charge in [-0.2, -0.15) is 0 Å². The number of ether oxygens (including phenoxy) is 2. The minimum Gasteiger partial charge on any atom is -0.388 e. The van der Waals surface area contributed by atoms with E-state index in [1.807, 2.05) is 13.8 Å². The van der Waals surface area contributed by atoms with E-state index in [9.17, 15) is 14.7 Å². The number of carbonyl (C=O) groups is 1. The molecule has 0 saturated carbocycles. The molecule has 2 N–H and O–H groups in total. The number of nitrogens with zero attached hydrogens (tertiary/aromatic N) is 1. The number of nitrogens with one attached hydrogen (secondary N) is 1. The fourth-order valence-electron chi connectivity index (χ4n) is 3.09. The molecular weight excluding hydrogens is 288 g/mol. The van der Waals surface area contributed by atoms with Gasteiger partial charge in [-0.15, -0.1) is 0 Å². The van der Waals surface area contributed by atoms with E-state index in [1.165, 1.54) is 6.07 Å². The van der Waals surface area contributed by atoms with Crippen molar-refractivity contribution in [3.05, 3.63) is 33.7 Å². The molecule has 2 fully saturated rings. The number of amides is 1. The van der Waals surface area contributed by atoms with Crippen LogP contribution in [0.5, 0.6) is 0 Å². The van der Waals surface area contributed by atoms with Crippen LogP contribution in [0.25, 0.3) is 0 Å². The van der Waals surface area contributed by atoms with Crippen LogP contribution in [0.2, 0.25) is 0 Å². The number of aromatic nitrogens is 1. The van der Waals surface area contributed by atoms with Crippen molar-refractivity contribution in [2.45, 2.75) is 44.7 Å². The Bertz CT molecular complexity index is 641. The molecule has 1 aromatic rings. The fourth-order valence-corrected chi connectivity index (χ4v) is 3.09. The molecule has 0 aliphatic carbocycles. The Morgan fingerprint density at radius 3 is 2.82 bits per heavy atom. The van der Waals surface area contributed by atoms with E-state index in [-0.39, 0.29) is 36.5 Å². The second-order valence-corrected chi connectivity index (χ2v) is 5.68. The van der Waals surface area contributed by atoms with Crippen molar-refractivity contribution in [3.63, 3.8) is 0 Å². The summed E-state index contributed by atoms with van der Waals surface area (Å²) in [5.74, 6) is -0.438. The van der Waals surface area contributed by atoms with E-state index in [2.05, 4.69) is 5.32 Å². The number of aryl methyl sites for hydroxylation is 1. The van der Waals surface area contributed by atoms with Gasteiger partial charge in [-0.05, 0) is 26.0 Å². The third kappa shape index (κ3) is 2.45. The highest BCUT2D eigenvalue weighted by Gasteiger charge is 2.47. The van der Waals surface area contributed by atoms with E-state index >= 15 is 0 Å². The van der Waals surface area contributed by atoms with Gasteiger partial charge >= 0.3 is 0 Å². The topological polar surface area (TPSA) is 89.8 Å². The van der Waals surface area contributed by atoms with Gasteiger partial charge in [-0.1, -0.05) is 0 Å². The standard InChI is InChI=1S/C15H20N2O5/c1-3-17-8(2)4-5-9(15(17)20)14(19)16-10-6-21-13-11(18)7-22-12(10)13/h4-5,10-13,18H,3,6-7H2,1-2H3,(H,16,19)/t10-,11-,12-,13-/m1/s1. The van der Waals surface area contributed by atoms with Gasteiger partial charge in [-0.3, -0.25) is 9.59 Å². The number of rotatable bonds is 3. The van der Waals surface area contributed by atoms with Gasteiger partial charge in [0.1, 0.15) is 23.9 Å². The lowest BCUT2D eigenvalue weighted by Crippen LogP contribution is -2.46. The first-order valence-electron chi connectivity index (χ1n) is 7.45. The minimum absolute atomic E-state index is 0.106. The van der Waals surface area contributed by atoms with Gasteiger partial charge in [0, 0.05) is 12.2 Å². The van der Waals surface area contributed by atoms with Crippen molar-refractivity contribution in [2.75, 3.05) is 13.2 Å². The Balaban J connectivity index is 1.77. The molecule has 4 atom stereocenters. The molecule has 1 amide bonds. The first-order chi connectivity index (χ1) is 10.5. The Kier molecular flexibility index (Phi) is 4.03. The molecule has 2 aliphatic rings. The SMILES string of the molecule is CCn1c(C)ccc(C(=O)N[C@@H]2CO[C@H]3[C@@H]2OC[C@H]3O)c1=O. The minimum atomic E-state index is -0.663. The average Bonchev–Trinajstić information content (AvgIpc) is 3.04. The average molecular weight is 308 g/mol. The number of pyridine rings is 1. The van der Waals surface area contributed by atoms with Gasteiger partial charge in [0.25, 0.3) is 11.5 Å². The van der Waals surface area contributed by atoms with Crippen LogP contribution in [-0.2, 0) is 16.0 Å². The molecule has 3 heterocycles. The lowest BCUT2D eigenvalue weighted by Gasteiger charge is -2.17. The molecule has 0 spiro atoms. The van der Waals surface area contributed by atoms with E-state index in [0.29, 0.717) is 6.54 Å². The maximum atomic E-state index is 12.4. The second-order valence-electron chi connectivity index (χ2n) is 5.68. The summed E-state index contributed by atoms with van der Waals surface area (Å²) >= 11 is 0. The Hall–Kier alpha value is -1.70. The van der Waals surface area contributed by atoms with Crippen LogP contribution in [0, 0.1) is 6.92 Å². The zero-order chi connectivity index (χ0) is 15.9. The number of carbonyl (C=O) groups excluding carboxylic acids is 1. The zero-order valence-electron chi connectivity index (χ0n) is 12.6. The van der Waals surface area contributed by atoms with Crippen LogP contribution in [0.3, 0.4) is 0 Å². The molecule has 0 radical (unpaired) electrons. The van der Waals surface area contributed by atoms with Crippen LogP contribution in [-0.4, -0.2) is 53.1 Å². The predicted molar refractivity (Wildman–Crippen MR) is 77.9 cm³/mol. The highest BCUT2D eigenvalue weighted by molar-refractivity contribution is 5.94. The van der Waals surface area contributed by atoms with Gasteiger partial charge in [0.2, 0.25) is 0 Å². The summed E-state index contributed by atoms with van der Waals surface area (Å²) in [7, 11) is 0. The Morgan fingerprint density at radius 1 is 1.36 bits per heavy atom. The first-order valence-corrected chi connectivity index (χ1v) is 7.45. The highest BCUT2D eigenvalue weighted by Crippen LogP contribution is 2.27. The monoisotopic (exact) mass is 308 g/mol. The van der Waals surface area contributed by atoms with E-state index in [4.69, 9.17) is 9.47 Å². The second kappa shape index (κ2) is 5.83. The fraction of sp³-hybridized carbons (Fsp3) is 0.600. The molecule has 2 saturated heterocycles. The largest absolute Gasteiger partial charge is 0.388 e. The van der Waals surface area contributed by atoms with Crippen LogP contribution in [0.1, 0.15) is 23.0 Å². The molecule has 0 unspecified atom stereocenters. The smallest absolute Gasteiger partial charge is 0.263 e. The number of hydrogen-bond donors (Lipinski definition) is 2. The first kappa shape index (κ1) is 15.2. The third-order valence-electron chi connectivity index (χ3n) is 4.30. The molecule has 0 bridgehead atoms. The lowest BCUT2D eigenvalue weighted by molar-refractivity contribution is 0.0178. The number of fused-ring (bicyclic) bond motifs is 1. The van der Waals surface area contributed by atoms with Crippen LogP contribution in [0.15, 0.2) is 16.9 Å². The molecular formula is C15H20N2O5. The highest BCUT2D eigenvalue weighted by atomic mass is 16.6. The zero-order valence-corrected chi connectivity index (χ0v) is 12.6. The number of hydrogen-bond acceptors (Lipinski definition) is 5. The number of aliphatic hydroxyl groups excluding tert-OH is 1. The van der Waals surface area contributed by atoms with Crippen molar-refractivity contribution in [1.29, 1.82) is 0 Å². The van der Waals surface area contributed by atoms with E-state index in [0.717, 1.165) is 5.69 Å². The summed E-state index contributed by atoms with van der Waals surface area (Å²) in [5, 5.41) is 12.5. The molecule has 2 aliphatic heterocycles. The Morgan fingerprint density at radius 2 is 2.09 bits per heavy atom. The summed E-state index contributed by atoms with van der Waals surface area (Å²) in [6, 6.07) is 2.94. The molecule has 22 heavy (non-hydrogen) atoms. The van der Waals surface area contributed by atoms with Crippen molar-refractivity contribution in [3.8, 4) is 0 Å². The lowest BCUT2D eigenvalue weighted by atomic mass is 10.1. The molecule has 1 aromatic heterocycles. The molecule has 7 heteroatoms. The van der Waals surface area contributed by atoms with E-state index < -0.39 is 18.1 Å². The summed E-state index contributed by atoms with van der Waals surface area (Å²) in [4.78, 5) is 24.7. The molecule has 3 rings (SSSR count). The van der Waals surface area contributed by atoms with E-state index in [1.54, 1.807) is 10.6 Å². The number of aliphatic hydroxyl groups is 1. The van der Waals surface area contributed by atoms with Crippen molar-refractivity contribution < 1.29 is 19.4 Å². The summed E-state index contributed by atoms with van der Waals surface area (Å²) in [5.41, 5.74) is 0.618. The van der Waals surface area contributed by atoms with Crippen LogP contribution < -0.4 is 10.9 Å². The van der Waals surface area contributed by atoms with Crippen molar-refractivity contribution >= 4 is 5.91 Å². The normalized spacial score (nSPS) is 30.3. The Labute approximate surface area is 127 Å². The summed E-state index contributed by atoms with van der Waals surface area (Å²) < 4.78 is 12.5. The predicted octanol–water partition coefficient (Wildman–Crippen LogP) is -0.566. The van der Waals surface area contributed by atoms with Crippen LogP contribution >= 0.6 is 0 Å². The van der Waals surface area contributed by atoms with Crippen molar-refractivity contribution in [1.82, 2.24) is 9.88 Å². The van der Waals surface area contributed by atoms with Crippen LogP contribution in [0.4, 0.5) is 0 Å². The van der Waals surface area contributed by atoms with Gasteiger partial charge in [-0.25, -0.2) is 0 Å². The summed E-state index contributed by atoms with van der Waals surface area (Å²) in [6.07, 6.45) is -1.43. The van der Waals surface area contributed by atoms with Gasteiger partial charge in [0.05, 0.1) is 19.3 Å². The quantitative estimate of drug-likeness (QED) is 0.781. The molecule has 0 aromatic carbocycles. The third-order valence-corrected chi connectivity index (χ3v) is 4.30. The molecule has 120 valence electrons. The summed E-state index contributed by atoms with van der Waals surface area (Å²) in [6.45, 7) is 4.67.